The molecule has 0 saturated carbocycles. The monoisotopic (exact) mass is 655 g/mol. The van der Waals surface area contributed by atoms with Crippen LogP contribution in [0.15, 0.2) is 22.7 Å². The third kappa shape index (κ3) is 10.3. The lowest BCUT2D eigenvalue weighted by Gasteiger charge is -2.31. The SMILES string of the molecule is CC(C)C(NC(=O)[C@@H]1CCCN1C(=O)C(NC(=O)CCCCCNC(=O)c1ccc(O)cn1)C(C)C)C(=O)c1nnc(C(C)(C)C)o1. The van der Waals surface area contributed by atoms with Crippen LogP contribution in [-0.4, -0.2) is 85.8 Å². The Morgan fingerprint density at radius 2 is 1.68 bits per heavy atom. The Balaban J connectivity index is 1.51. The van der Waals surface area contributed by atoms with Gasteiger partial charge in [0.1, 0.15) is 23.5 Å². The molecule has 4 amide bonds. The van der Waals surface area contributed by atoms with Crippen LogP contribution < -0.4 is 16.0 Å². The molecule has 2 unspecified atom stereocenters. The molecular formula is C33H49N7O7. The summed E-state index contributed by atoms with van der Waals surface area (Å²) < 4.78 is 5.63. The van der Waals surface area contributed by atoms with Crippen LogP contribution in [0.3, 0.4) is 0 Å². The largest absolute Gasteiger partial charge is 0.506 e. The van der Waals surface area contributed by atoms with Crippen molar-refractivity contribution < 1.29 is 33.5 Å². The first-order valence-electron chi connectivity index (χ1n) is 16.3. The molecule has 1 aliphatic heterocycles. The summed E-state index contributed by atoms with van der Waals surface area (Å²) >= 11 is 0. The van der Waals surface area contributed by atoms with E-state index in [1.54, 1.807) is 13.8 Å². The maximum Gasteiger partial charge on any atom is 0.286 e. The second-order valence-electron chi connectivity index (χ2n) is 13.7. The first-order chi connectivity index (χ1) is 22.1. The Morgan fingerprint density at radius 3 is 2.28 bits per heavy atom. The molecule has 0 radical (unpaired) electrons. The lowest BCUT2D eigenvalue weighted by Crippen LogP contribution is -2.57. The molecule has 0 aliphatic carbocycles. The van der Waals surface area contributed by atoms with Crippen molar-refractivity contribution in [2.24, 2.45) is 11.8 Å². The molecule has 0 spiro atoms. The van der Waals surface area contributed by atoms with Gasteiger partial charge in [-0.15, -0.1) is 10.2 Å². The summed E-state index contributed by atoms with van der Waals surface area (Å²) in [5.41, 5.74) is -0.237. The van der Waals surface area contributed by atoms with Crippen molar-refractivity contribution in [3.05, 3.63) is 35.8 Å². The van der Waals surface area contributed by atoms with Gasteiger partial charge in [0.2, 0.25) is 29.4 Å². The molecule has 47 heavy (non-hydrogen) atoms. The molecule has 14 nitrogen and oxygen atoms in total. The highest BCUT2D eigenvalue weighted by molar-refractivity contribution is 6.00. The maximum atomic E-state index is 13.7. The molecule has 0 aromatic carbocycles. The van der Waals surface area contributed by atoms with Crippen LogP contribution in [0.25, 0.3) is 0 Å². The molecule has 0 bridgehead atoms. The number of hydrogen-bond acceptors (Lipinski definition) is 10. The standard InChI is InChI=1S/C33H49N7O7/c1-19(2)25(27(43)30-38-39-32(47-30)33(5,6)7)37-29(45)23-12-11-17-40(23)31(46)26(20(3)4)36-24(42)13-9-8-10-16-34-28(44)22-15-14-21(41)18-35-22/h14-15,18-20,23,25-26,41H,8-13,16-17H2,1-7H3,(H,34,44)(H,36,42)(H,37,45)/t23-,25?,26?/m0/s1. The zero-order valence-electron chi connectivity index (χ0n) is 28.5. The second-order valence-corrected chi connectivity index (χ2v) is 13.7. The van der Waals surface area contributed by atoms with Crippen molar-refractivity contribution in [1.82, 2.24) is 36.0 Å². The van der Waals surface area contributed by atoms with Gasteiger partial charge in [0.15, 0.2) is 0 Å². The Hall–Kier alpha value is -4.36. The van der Waals surface area contributed by atoms with Crippen molar-refractivity contribution in [2.75, 3.05) is 13.1 Å². The lowest BCUT2D eigenvalue weighted by molar-refractivity contribution is -0.142. The molecule has 3 atom stereocenters. The number of ketones is 1. The van der Waals surface area contributed by atoms with Crippen molar-refractivity contribution in [3.8, 4) is 5.75 Å². The fourth-order valence-corrected chi connectivity index (χ4v) is 5.18. The summed E-state index contributed by atoms with van der Waals surface area (Å²) in [6.45, 7) is 13.7. The van der Waals surface area contributed by atoms with E-state index in [-0.39, 0.29) is 53.3 Å². The molecule has 3 heterocycles. The van der Waals surface area contributed by atoms with E-state index in [1.807, 2.05) is 34.6 Å². The van der Waals surface area contributed by atoms with Gasteiger partial charge in [-0.05, 0) is 49.7 Å². The van der Waals surface area contributed by atoms with Gasteiger partial charge in [0.05, 0.1) is 12.2 Å². The number of likely N-dealkylation sites (tertiary alicyclic amines) is 1. The van der Waals surface area contributed by atoms with Crippen LogP contribution in [0, 0.1) is 11.8 Å². The quantitative estimate of drug-likeness (QED) is 0.164. The number of carbonyl (C=O) groups excluding carboxylic acids is 5. The number of nitrogens with one attached hydrogen (secondary N) is 3. The Bertz CT molecular complexity index is 1400. The minimum atomic E-state index is -0.924. The lowest BCUT2D eigenvalue weighted by atomic mass is 9.97. The first-order valence-corrected chi connectivity index (χ1v) is 16.3. The van der Waals surface area contributed by atoms with E-state index < -0.39 is 35.2 Å². The zero-order chi connectivity index (χ0) is 34.9. The Kier molecular flexibility index (Phi) is 13.0. The number of aromatic nitrogens is 3. The topological polar surface area (TPSA) is 197 Å². The highest BCUT2D eigenvalue weighted by Gasteiger charge is 2.40. The van der Waals surface area contributed by atoms with Crippen molar-refractivity contribution in [2.45, 2.75) is 111 Å². The van der Waals surface area contributed by atoms with E-state index in [1.165, 1.54) is 23.2 Å². The number of aromatic hydroxyl groups is 1. The van der Waals surface area contributed by atoms with Crippen molar-refractivity contribution in [1.29, 1.82) is 0 Å². The number of hydrogen-bond donors (Lipinski definition) is 4. The van der Waals surface area contributed by atoms with Gasteiger partial charge < -0.3 is 30.4 Å². The van der Waals surface area contributed by atoms with Crippen LogP contribution in [-0.2, 0) is 19.8 Å². The van der Waals surface area contributed by atoms with Gasteiger partial charge in [0.25, 0.3) is 11.8 Å². The van der Waals surface area contributed by atoms with Crippen molar-refractivity contribution >= 4 is 29.4 Å². The van der Waals surface area contributed by atoms with Crippen LogP contribution in [0.2, 0.25) is 0 Å². The molecule has 1 aliphatic rings. The molecule has 258 valence electrons. The molecule has 14 heteroatoms. The fraction of sp³-hybridized carbons (Fsp3) is 0.636. The second kappa shape index (κ2) is 16.5. The van der Waals surface area contributed by atoms with Gasteiger partial charge >= 0.3 is 0 Å². The molecular weight excluding hydrogens is 606 g/mol. The first kappa shape index (κ1) is 37.1. The summed E-state index contributed by atoms with van der Waals surface area (Å²) in [6, 6.07) is 0.300. The summed E-state index contributed by atoms with van der Waals surface area (Å²) in [6.07, 6.45) is 4.35. The van der Waals surface area contributed by atoms with Crippen LogP contribution in [0.5, 0.6) is 5.75 Å². The molecule has 1 saturated heterocycles. The minimum absolute atomic E-state index is 0.0210. The third-order valence-corrected chi connectivity index (χ3v) is 7.96. The Morgan fingerprint density at radius 1 is 0.979 bits per heavy atom. The zero-order valence-corrected chi connectivity index (χ0v) is 28.5. The molecule has 4 N–H and O–H groups in total. The summed E-state index contributed by atoms with van der Waals surface area (Å²) in [4.78, 5) is 70.8. The predicted octanol–water partition coefficient (Wildman–Crippen LogP) is 2.91. The number of amides is 4. The number of pyridine rings is 1. The summed E-state index contributed by atoms with van der Waals surface area (Å²) in [5.74, 6) is -2.27. The number of carbonyl (C=O) groups is 5. The average molecular weight is 656 g/mol. The van der Waals surface area contributed by atoms with E-state index in [9.17, 15) is 29.1 Å². The van der Waals surface area contributed by atoms with Gasteiger partial charge in [-0.1, -0.05) is 54.9 Å². The molecule has 2 aromatic rings. The fourth-order valence-electron chi connectivity index (χ4n) is 5.18. The van der Waals surface area contributed by atoms with E-state index in [0.29, 0.717) is 51.1 Å². The minimum Gasteiger partial charge on any atom is -0.506 e. The van der Waals surface area contributed by atoms with Gasteiger partial charge in [-0.25, -0.2) is 4.98 Å². The summed E-state index contributed by atoms with van der Waals surface area (Å²) in [5, 5.41) is 25.6. The van der Waals surface area contributed by atoms with E-state index in [4.69, 9.17) is 4.42 Å². The van der Waals surface area contributed by atoms with Gasteiger partial charge in [-0.3, -0.25) is 24.0 Å². The summed E-state index contributed by atoms with van der Waals surface area (Å²) in [7, 11) is 0. The maximum absolute atomic E-state index is 13.7. The number of unbranched alkanes of at least 4 members (excludes halogenated alkanes) is 2. The molecule has 2 aromatic heterocycles. The normalized spacial score (nSPS) is 16.2. The molecule has 1 fully saturated rings. The van der Waals surface area contributed by atoms with Crippen molar-refractivity contribution in [3.63, 3.8) is 0 Å². The molecule has 3 rings (SSSR count). The smallest absolute Gasteiger partial charge is 0.286 e. The number of nitrogens with zero attached hydrogens (tertiary/aromatic N) is 4. The third-order valence-electron chi connectivity index (χ3n) is 7.96. The highest BCUT2D eigenvalue weighted by Crippen LogP contribution is 2.23. The van der Waals surface area contributed by atoms with E-state index in [0.717, 1.165) is 0 Å². The number of Topliss-reactive ketones (excluding diaryl/α,β-unsaturated/α-hetero) is 1. The van der Waals surface area contributed by atoms with Crippen LogP contribution in [0.4, 0.5) is 0 Å². The van der Waals surface area contributed by atoms with E-state index >= 15 is 0 Å². The van der Waals surface area contributed by atoms with Crippen LogP contribution >= 0.6 is 0 Å². The average Bonchev–Trinajstić information content (AvgIpc) is 3.70. The Labute approximate surface area is 275 Å². The van der Waals surface area contributed by atoms with Gasteiger partial charge in [0, 0.05) is 24.9 Å². The highest BCUT2D eigenvalue weighted by atomic mass is 16.4. The number of rotatable bonds is 15. The van der Waals surface area contributed by atoms with Crippen LogP contribution in [0.1, 0.15) is 114 Å². The van der Waals surface area contributed by atoms with Gasteiger partial charge in [-0.2, -0.15) is 0 Å². The predicted molar refractivity (Wildman–Crippen MR) is 172 cm³/mol. The van der Waals surface area contributed by atoms with E-state index in [2.05, 4.69) is 31.1 Å².